The van der Waals surface area contributed by atoms with Crippen LogP contribution in [0, 0.1) is 5.82 Å². The Hall–Kier alpha value is -6.04. The van der Waals surface area contributed by atoms with Gasteiger partial charge in [0.25, 0.3) is 0 Å². The number of fused-ring (bicyclic) bond motifs is 1. The molecule has 2 heterocycles. The number of nitrogens with zero attached hydrogens (tertiary/aromatic N) is 1. The number of ether oxygens (including phenoxy) is 6. The Morgan fingerprint density at radius 3 is 1.67 bits per heavy atom. The van der Waals surface area contributed by atoms with E-state index in [2.05, 4.69) is 66.7 Å². The number of rotatable bonds is 18. The minimum absolute atomic E-state index is 0.244. The van der Waals surface area contributed by atoms with E-state index in [0.717, 1.165) is 65.4 Å². The van der Waals surface area contributed by atoms with Crippen LogP contribution in [-0.4, -0.2) is 43.1 Å². The summed E-state index contributed by atoms with van der Waals surface area (Å²) >= 11 is 1.58. The van der Waals surface area contributed by atoms with Crippen molar-refractivity contribution in [3.05, 3.63) is 226 Å². The molecule has 0 bridgehead atoms. The molecule has 1 aliphatic heterocycles. The van der Waals surface area contributed by atoms with Crippen molar-refractivity contribution < 1.29 is 32.8 Å². The highest BCUT2D eigenvalue weighted by molar-refractivity contribution is 7.15. The van der Waals surface area contributed by atoms with Crippen LogP contribution in [0.4, 0.5) is 4.39 Å². The van der Waals surface area contributed by atoms with Gasteiger partial charge in [-0.1, -0.05) is 158 Å². The van der Waals surface area contributed by atoms with E-state index in [1.54, 1.807) is 30.6 Å². The standard InChI is InChI=1S/C55H50FNO6S/c1-58-51-43(31-50-57-32-49(64-50)42-26-28-44(56)29-27-42)30-47(45-24-14-15-25-46(45)51)52-54(61-35-40-20-10-4-11-21-40)55(62-36-41-22-12-5-13-23-41)53(60-34-39-18-8-3-9-19-39)48(63-52)37-59-33-38-16-6-2-7-17-38/h2-30,32,48,52-55H,31,33-37H2,1H3. The van der Waals surface area contributed by atoms with E-state index < -0.39 is 30.5 Å². The van der Waals surface area contributed by atoms with Gasteiger partial charge in [0.1, 0.15) is 42.1 Å². The molecule has 0 aliphatic carbocycles. The van der Waals surface area contributed by atoms with Crippen molar-refractivity contribution in [3.63, 3.8) is 0 Å². The molecule has 7 nitrogen and oxygen atoms in total. The molecule has 9 rings (SSSR count). The van der Waals surface area contributed by atoms with Crippen molar-refractivity contribution in [2.75, 3.05) is 13.7 Å². The van der Waals surface area contributed by atoms with Crippen LogP contribution in [0.2, 0.25) is 0 Å². The second-order valence-corrected chi connectivity index (χ2v) is 17.0. The van der Waals surface area contributed by atoms with Crippen molar-refractivity contribution in [2.24, 2.45) is 0 Å². The lowest BCUT2D eigenvalue weighted by Gasteiger charge is -2.46. The predicted octanol–water partition coefficient (Wildman–Crippen LogP) is 12.1. The third kappa shape index (κ3) is 10.5. The first-order valence-corrected chi connectivity index (χ1v) is 22.4. The average Bonchev–Trinajstić information content (AvgIpc) is 3.82. The van der Waals surface area contributed by atoms with Crippen molar-refractivity contribution in [1.29, 1.82) is 0 Å². The zero-order valence-electron chi connectivity index (χ0n) is 35.6. The second-order valence-electron chi connectivity index (χ2n) is 15.9. The Balaban J connectivity index is 1.15. The lowest BCUT2D eigenvalue weighted by molar-refractivity contribution is -0.274. The number of halogens is 1. The fraction of sp³-hybridized carbons (Fsp3) is 0.218. The summed E-state index contributed by atoms with van der Waals surface area (Å²) in [6.07, 6.45) is -0.661. The Kier molecular flexibility index (Phi) is 14.2. The highest BCUT2D eigenvalue weighted by Crippen LogP contribution is 2.44. The minimum Gasteiger partial charge on any atom is -0.496 e. The van der Waals surface area contributed by atoms with E-state index in [-0.39, 0.29) is 12.4 Å². The van der Waals surface area contributed by atoms with Gasteiger partial charge in [-0.05, 0) is 57.0 Å². The Morgan fingerprint density at radius 1 is 0.578 bits per heavy atom. The maximum atomic E-state index is 13.8. The first-order chi connectivity index (χ1) is 31.6. The highest BCUT2D eigenvalue weighted by atomic mass is 32.1. The summed E-state index contributed by atoms with van der Waals surface area (Å²) in [5.41, 5.74) is 6.95. The zero-order chi connectivity index (χ0) is 43.5. The zero-order valence-corrected chi connectivity index (χ0v) is 36.4. The second kappa shape index (κ2) is 21.1. The van der Waals surface area contributed by atoms with E-state index in [9.17, 15) is 4.39 Å². The van der Waals surface area contributed by atoms with E-state index >= 15 is 0 Å². The largest absolute Gasteiger partial charge is 0.496 e. The number of benzene rings is 7. The first kappa shape index (κ1) is 43.2. The molecule has 9 heteroatoms. The molecular formula is C55H50FNO6S. The van der Waals surface area contributed by atoms with Crippen molar-refractivity contribution in [1.82, 2.24) is 4.98 Å². The summed E-state index contributed by atoms with van der Waals surface area (Å²) in [6.45, 7) is 1.65. The Bertz CT molecular complexity index is 2680. The summed E-state index contributed by atoms with van der Waals surface area (Å²) < 4.78 is 55.2. The summed E-state index contributed by atoms with van der Waals surface area (Å²) in [5.74, 6) is 0.490. The molecule has 0 N–H and O–H groups in total. The molecular weight excluding hydrogens is 822 g/mol. The smallest absolute Gasteiger partial charge is 0.130 e. The highest BCUT2D eigenvalue weighted by Gasteiger charge is 2.49. The van der Waals surface area contributed by atoms with Gasteiger partial charge < -0.3 is 28.4 Å². The quantitative estimate of drug-likeness (QED) is 0.0851. The van der Waals surface area contributed by atoms with E-state index in [1.807, 2.05) is 91.1 Å². The van der Waals surface area contributed by atoms with E-state index in [1.165, 1.54) is 12.1 Å². The van der Waals surface area contributed by atoms with Crippen LogP contribution < -0.4 is 4.74 Å². The molecule has 0 amide bonds. The maximum absolute atomic E-state index is 13.8. The van der Waals surface area contributed by atoms with Gasteiger partial charge in [0.15, 0.2) is 0 Å². The summed E-state index contributed by atoms with van der Waals surface area (Å²) in [4.78, 5) is 5.79. The van der Waals surface area contributed by atoms with E-state index in [0.29, 0.717) is 32.8 Å². The minimum atomic E-state index is -0.635. The fourth-order valence-corrected chi connectivity index (χ4v) is 9.33. The molecule has 0 saturated carbocycles. The molecule has 1 fully saturated rings. The van der Waals surface area contributed by atoms with Crippen molar-refractivity contribution >= 4 is 22.1 Å². The number of thiazole rings is 1. The third-order valence-electron chi connectivity index (χ3n) is 11.5. The summed E-state index contributed by atoms with van der Waals surface area (Å²) in [7, 11) is 1.71. The van der Waals surface area contributed by atoms with Gasteiger partial charge in [-0.15, -0.1) is 11.3 Å². The van der Waals surface area contributed by atoms with Gasteiger partial charge >= 0.3 is 0 Å². The molecule has 0 spiro atoms. The fourth-order valence-electron chi connectivity index (χ4n) is 8.39. The number of hydrogen-bond donors (Lipinski definition) is 0. The molecule has 7 aromatic carbocycles. The average molecular weight is 872 g/mol. The molecule has 1 aromatic heterocycles. The summed E-state index contributed by atoms with van der Waals surface area (Å²) in [5, 5.41) is 2.81. The topological polar surface area (TPSA) is 68.3 Å². The summed E-state index contributed by atoms with van der Waals surface area (Å²) in [6, 6.07) is 57.7. The van der Waals surface area contributed by atoms with Crippen LogP contribution in [0.1, 0.15) is 44.5 Å². The Labute approximate surface area is 378 Å². The predicted molar refractivity (Wildman–Crippen MR) is 250 cm³/mol. The molecule has 1 saturated heterocycles. The lowest BCUT2D eigenvalue weighted by atomic mass is 9.86. The lowest BCUT2D eigenvalue weighted by Crippen LogP contribution is -2.58. The van der Waals surface area contributed by atoms with Crippen LogP contribution in [0.15, 0.2) is 182 Å². The molecule has 1 aliphatic rings. The van der Waals surface area contributed by atoms with Crippen LogP contribution >= 0.6 is 11.3 Å². The van der Waals surface area contributed by atoms with Gasteiger partial charge in [-0.2, -0.15) is 0 Å². The molecule has 5 atom stereocenters. The van der Waals surface area contributed by atoms with Gasteiger partial charge in [0.2, 0.25) is 0 Å². The number of methoxy groups -OCH3 is 1. The van der Waals surface area contributed by atoms with Gasteiger partial charge in [0.05, 0.1) is 50.0 Å². The third-order valence-corrected chi connectivity index (χ3v) is 12.6. The van der Waals surface area contributed by atoms with Gasteiger partial charge in [-0.3, -0.25) is 0 Å². The van der Waals surface area contributed by atoms with Crippen LogP contribution in [0.3, 0.4) is 0 Å². The normalized spacial score (nSPS) is 18.6. The maximum Gasteiger partial charge on any atom is 0.130 e. The first-order valence-electron chi connectivity index (χ1n) is 21.6. The monoisotopic (exact) mass is 871 g/mol. The van der Waals surface area contributed by atoms with Crippen LogP contribution in [0.5, 0.6) is 5.75 Å². The SMILES string of the molecule is COc1c(Cc2ncc(-c3ccc(F)cc3)s2)cc(C2OC(COCc3ccccc3)C(OCc3ccccc3)C(OCc3ccccc3)C2OCc2ccccc2)c2ccccc12. The van der Waals surface area contributed by atoms with Crippen molar-refractivity contribution in [2.45, 2.75) is 63.4 Å². The number of hydrogen-bond acceptors (Lipinski definition) is 8. The molecule has 8 aromatic rings. The van der Waals surface area contributed by atoms with Gasteiger partial charge in [-0.25, -0.2) is 9.37 Å². The van der Waals surface area contributed by atoms with Gasteiger partial charge in [0, 0.05) is 23.6 Å². The molecule has 64 heavy (non-hydrogen) atoms. The van der Waals surface area contributed by atoms with Crippen LogP contribution in [-0.2, 0) is 56.5 Å². The van der Waals surface area contributed by atoms with E-state index in [4.69, 9.17) is 33.4 Å². The number of aromatic nitrogens is 1. The molecule has 324 valence electrons. The Morgan fingerprint density at radius 2 is 1.09 bits per heavy atom. The molecule has 5 unspecified atom stereocenters. The van der Waals surface area contributed by atoms with Crippen LogP contribution in [0.25, 0.3) is 21.2 Å². The molecule has 0 radical (unpaired) electrons. The van der Waals surface area contributed by atoms with Crippen molar-refractivity contribution in [3.8, 4) is 16.2 Å².